The van der Waals surface area contributed by atoms with Crippen LogP contribution in [0.1, 0.15) is 24.5 Å². The third-order valence-corrected chi connectivity index (χ3v) is 5.66. The predicted octanol–water partition coefficient (Wildman–Crippen LogP) is 2.00. The molecule has 0 radical (unpaired) electrons. The maximum absolute atomic E-state index is 11.9. The van der Waals surface area contributed by atoms with E-state index in [4.69, 9.17) is 11.5 Å². The van der Waals surface area contributed by atoms with Crippen molar-refractivity contribution in [3.05, 3.63) is 77.7 Å². The number of nitrogens with two attached hydrogens (primary N) is 2. The molecule has 0 spiro atoms. The fourth-order valence-corrected chi connectivity index (χ4v) is 3.56. The normalized spacial score (nSPS) is 11.8. The molecule has 0 amide bonds. The van der Waals surface area contributed by atoms with Crippen molar-refractivity contribution in [2.24, 2.45) is 21.7 Å². The number of hydrogen-bond acceptors (Lipinski definition) is 6. The summed E-state index contributed by atoms with van der Waals surface area (Å²) in [6, 6.07) is 16.3. The standard InChI is InChI=1S/C12H18N2O2S.C11H14N4O/c1-3-17(15,16)14(11-7-10-13-2)12-8-5-4-6-9-12;1-8(12)14-15-11(13)10-4-2-9(3-5-10)6-7-16/h3-6,8-9,13H,1,7,10-11H2,2H3;2-5,7H,6H2,1H3,(H2,12,14)(H2,13,15). The van der Waals surface area contributed by atoms with Gasteiger partial charge in [-0.3, -0.25) is 4.31 Å². The van der Waals surface area contributed by atoms with Crippen molar-refractivity contribution in [2.75, 3.05) is 24.4 Å². The highest BCUT2D eigenvalue weighted by atomic mass is 32.2. The minimum atomic E-state index is -3.42. The molecule has 33 heavy (non-hydrogen) atoms. The molecule has 10 heteroatoms. The lowest BCUT2D eigenvalue weighted by atomic mass is 10.1. The van der Waals surface area contributed by atoms with Crippen molar-refractivity contribution in [3.8, 4) is 0 Å². The second-order valence-electron chi connectivity index (χ2n) is 6.87. The van der Waals surface area contributed by atoms with E-state index in [2.05, 4.69) is 22.1 Å². The first kappa shape index (κ1) is 27.5. The van der Waals surface area contributed by atoms with Gasteiger partial charge in [0.1, 0.15) is 12.1 Å². The number of sulfonamides is 1. The molecule has 0 aromatic heterocycles. The van der Waals surface area contributed by atoms with Gasteiger partial charge in [-0.25, -0.2) is 8.42 Å². The summed E-state index contributed by atoms with van der Waals surface area (Å²) in [7, 11) is -1.58. The summed E-state index contributed by atoms with van der Waals surface area (Å²) in [5.41, 5.74) is 13.4. The van der Waals surface area contributed by atoms with Crippen molar-refractivity contribution >= 4 is 33.7 Å². The SMILES string of the molecule is C/C(N)=N/N=C(\N)c1ccc(CC=O)cc1.C=CS(=O)(=O)N(CCCNC)c1ccccc1. The Morgan fingerprint density at radius 3 is 2.24 bits per heavy atom. The molecule has 2 aromatic rings. The molecule has 2 rings (SSSR count). The number of carbonyl (C=O) groups is 1. The smallest absolute Gasteiger partial charge is 0.256 e. The van der Waals surface area contributed by atoms with Crippen LogP contribution in [0.2, 0.25) is 0 Å². The van der Waals surface area contributed by atoms with E-state index in [1.165, 1.54) is 4.31 Å². The Labute approximate surface area is 195 Å². The molecule has 0 heterocycles. The Bertz CT molecular complexity index is 1030. The van der Waals surface area contributed by atoms with Crippen molar-refractivity contribution < 1.29 is 13.2 Å². The first-order valence-electron chi connectivity index (χ1n) is 10.3. The van der Waals surface area contributed by atoms with Crippen molar-refractivity contribution in [1.82, 2.24) is 5.32 Å². The van der Waals surface area contributed by atoms with E-state index in [0.29, 0.717) is 30.3 Å². The van der Waals surface area contributed by atoms with Gasteiger partial charge in [-0.15, -0.1) is 10.2 Å². The Hall–Kier alpha value is -3.50. The Kier molecular flexibility index (Phi) is 12.1. The maximum Gasteiger partial charge on any atom is 0.256 e. The molecule has 0 saturated carbocycles. The molecule has 0 atom stereocenters. The van der Waals surface area contributed by atoms with Crippen LogP contribution in [0.4, 0.5) is 5.69 Å². The van der Waals surface area contributed by atoms with Crippen LogP contribution in [-0.2, 0) is 21.2 Å². The summed E-state index contributed by atoms with van der Waals surface area (Å²) in [5, 5.41) is 11.4. The lowest BCUT2D eigenvalue weighted by molar-refractivity contribution is -0.107. The van der Waals surface area contributed by atoms with E-state index < -0.39 is 10.0 Å². The zero-order valence-electron chi connectivity index (χ0n) is 19.0. The molecule has 5 N–H and O–H groups in total. The summed E-state index contributed by atoms with van der Waals surface area (Å²) >= 11 is 0. The Morgan fingerprint density at radius 2 is 1.73 bits per heavy atom. The third kappa shape index (κ3) is 10.1. The van der Waals surface area contributed by atoms with Crippen molar-refractivity contribution in [3.63, 3.8) is 0 Å². The van der Waals surface area contributed by atoms with Gasteiger partial charge in [-0.2, -0.15) is 0 Å². The highest BCUT2D eigenvalue weighted by molar-refractivity contribution is 7.95. The number of aldehydes is 1. The fraction of sp³-hybridized carbons (Fsp3) is 0.261. The first-order chi connectivity index (χ1) is 15.7. The molecule has 0 unspecified atom stereocenters. The van der Waals surface area contributed by atoms with Crippen LogP contribution >= 0.6 is 0 Å². The number of nitrogens with zero attached hydrogens (tertiary/aromatic N) is 3. The molecule has 0 aliphatic heterocycles. The van der Waals surface area contributed by atoms with E-state index >= 15 is 0 Å². The van der Waals surface area contributed by atoms with E-state index in [0.717, 1.165) is 35.8 Å². The van der Waals surface area contributed by atoms with Crippen LogP contribution in [0.15, 0.2) is 76.8 Å². The number of hydrogen-bond donors (Lipinski definition) is 3. The van der Waals surface area contributed by atoms with E-state index in [9.17, 15) is 13.2 Å². The largest absolute Gasteiger partial charge is 0.386 e. The zero-order chi connectivity index (χ0) is 24.7. The lowest BCUT2D eigenvalue weighted by Crippen LogP contribution is -2.31. The molecule has 9 nitrogen and oxygen atoms in total. The van der Waals surface area contributed by atoms with Gasteiger partial charge in [0.25, 0.3) is 10.0 Å². The first-order valence-corrected chi connectivity index (χ1v) is 11.8. The second-order valence-corrected chi connectivity index (χ2v) is 8.67. The van der Waals surface area contributed by atoms with E-state index in [1.54, 1.807) is 31.2 Å². The molecular formula is C23H32N6O3S. The molecule has 0 aliphatic carbocycles. The molecule has 0 aliphatic rings. The van der Waals surface area contributed by atoms with E-state index in [-0.39, 0.29) is 0 Å². The summed E-state index contributed by atoms with van der Waals surface area (Å²) in [6.07, 6.45) is 2.00. The number of para-hydroxylation sites is 1. The van der Waals surface area contributed by atoms with Crippen LogP contribution in [-0.4, -0.2) is 46.5 Å². The number of carbonyl (C=O) groups excluding carboxylic acids is 1. The topological polar surface area (TPSA) is 143 Å². The highest BCUT2D eigenvalue weighted by Crippen LogP contribution is 2.18. The van der Waals surface area contributed by atoms with Gasteiger partial charge < -0.3 is 21.6 Å². The Morgan fingerprint density at radius 1 is 1.09 bits per heavy atom. The van der Waals surface area contributed by atoms with Crippen LogP contribution < -0.4 is 21.1 Å². The van der Waals surface area contributed by atoms with Gasteiger partial charge in [0.05, 0.1) is 5.69 Å². The number of nitrogens with one attached hydrogen (secondary N) is 1. The van der Waals surface area contributed by atoms with Gasteiger partial charge in [-0.1, -0.05) is 49.0 Å². The predicted molar refractivity (Wildman–Crippen MR) is 136 cm³/mol. The minimum Gasteiger partial charge on any atom is -0.386 e. The van der Waals surface area contributed by atoms with Gasteiger partial charge in [0.2, 0.25) is 0 Å². The number of benzene rings is 2. The lowest BCUT2D eigenvalue weighted by Gasteiger charge is -2.22. The van der Waals surface area contributed by atoms with Crippen molar-refractivity contribution in [2.45, 2.75) is 19.8 Å². The van der Waals surface area contributed by atoms with Crippen LogP contribution in [0.25, 0.3) is 0 Å². The summed E-state index contributed by atoms with van der Waals surface area (Å²) in [4.78, 5) is 10.3. The van der Waals surface area contributed by atoms with Crippen molar-refractivity contribution in [1.29, 1.82) is 0 Å². The summed E-state index contributed by atoms with van der Waals surface area (Å²) in [6.45, 7) is 6.21. The van der Waals surface area contributed by atoms with Gasteiger partial charge in [0.15, 0.2) is 5.84 Å². The number of anilines is 1. The molecule has 2 aromatic carbocycles. The average Bonchev–Trinajstić information content (AvgIpc) is 2.82. The van der Waals surface area contributed by atoms with Gasteiger partial charge in [-0.05, 0) is 44.6 Å². The van der Waals surface area contributed by atoms with E-state index in [1.807, 2.05) is 37.4 Å². The number of amidine groups is 2. The average molecular weight is 473 g/mol. The second kappa shape index (κ2) is 14.5. The molecule has 0 fully saturated rings. The van der Waals surface area contributed by atoms with Gasteiger partial charge in [0, 0.05) is 23.9 Å². The van der Waals surface area contributed by atoms with Crippen LogP contribution in [0.3, 0.4) is 0 Å². The number of rotatable bonds is 11. The van der Waals surface area contributed by atoms with Gasteiger partial charge >= 0.3 is 0 Å². The molecule has 0 bridgehead atoms. The monoisotopic (exact) mass is 472 g/mol. The quantitative estimate of drug-likeness (QED) is 0.150. The zero-order valence-corrected chi connectivity index (χ0v) is 19.8. The maximum atomic E-state index is 11.9. The highest BCUT2D eigenvalue weighted by Gasteiger charge is 2.18. The van der Waals surface area contributed by atoms with Crippen LogP contribution in [0.5, 0.6) is 0 Å². The minimum absolute atomic E-state index is 0.294. The molecule has 0 saturated heterocycles. The summed E-state index contributed by atoms with van der Waals surface area (Å²) in [5.74, 6) is 0.642. The Balaban J connectivity index is 0.000000331. The third-order valence-electron chi connectivity index (χ3n) is 4.23. The molecule has 178 valence electrons. The summed E-state index contributed by atoms with van der Waals surface area (Å²) < 4.78 is 25.1. The molecular weight excluding hydrogens is 440 g/mol. The van der Waals surface area contributed by atoms with Crippen LogP contribution in [0, 0.1) is 0 Å². The fourth-order valence-electron chi connectivity index (χ4n) is 2.59.